The molecule has 0 aliphatic heterocycles. The van der Waals surface area contributed by atoms with E-state index in [2.05, 4.69) is 32.8 Å². The maximum absolute atomic E-state index is 5.44. The van der Waals surface area contributed by atoms with Crippen molar-refractivity contribution in [1.29, 1.82) is 0 Å². The van der Waals surface area contributed by atoms with Gasteiger partial charge in [-0.25, -0.2) is 9.97 Å². The molecule has 5 nitrogen and oxygen atoms in total. The van der Waals surface area contributed by atoms with Crippen LogP contribution < -0.4 is 14.8 Å². The summed E-state index contributed by atoms with van der Waals surface area (Å²) in [5, 5.41) is 6.60. The highest BCUT2D eigenvalue weighted by Crippen LogP contribution is 2.37. The standard InChI is InChI=1S/C21H19N3O2S/c1-25-16-9-7-14(8-10-16)17-12-27-21-19(17)20(23-13-24-21)22-11-15-5-3-4-6-18(15)26-2/h3-10,12-13H,11H2,1-2H3,(H,22,23,24). The van der Waals surface area contributed by atoms with Crippen molar-refractivity contribution >= 4 is 27.4 Å². The van der Waals surface area contributed by atoms with Gasteiger partial charge < -0.3 is 14.8 Å². The van der Waals surface area contributed by atoms with Crippen LogP contribution in [0.15, 0.2) is 60.2 Å². The predicted molar refractivity (Wildman–Crippen MR) is 110 cm³/mol. The van der Waals surface area contributed by atoms with Crippen LogP contribution >= 0.6 is 11.3 Å². The van der Waals surface area contributed by atoms with Crippen molar-refractivity contribution < 1.29 is 9.47 Å². The minimum absolute atomic E-state index is 0.619. The Kier molecular flexibility index (Phi) is 4.89. The first-order valence-corrected chi connectivity index (χ1v) is 9.40. The average Bonchev–Trinajstić information content (AvgIpc) is 3.17. The van der Waals surface area contributed by atoms with Gasteiger partial charge in [-0.1, -0.05) is 30.3 Å². The summed E-state index contributed by atoms with van der Waals surface area (Å²) in [7, 11) is 3.35. The van der Waals surface area contributed by atoms with Crippen LogP contribution in [0, 0.1) is 0 Å². The fourth-order valence-electron chi connectivity index (χ4n) is 3.02. The number of ether oxygens (including phenoxy) is 2. The molecule has 2 aromatic heterocycles. The number of anilines is 1. The van der Waals surface area contributed by atoms with Crippen LogP contribution in [0.2, 0.25) is 0 Å². The molecule has 1 N–H and O–H groups in total. The van der Waals surface area contributed by atoms with Gasteiger partial charge in [0.15, 0.2) is 0 Å². The fraction of sp³-hybridized carbons (Fsp3) is 0.143. The number of thiophene rings is 1. The van der Waals surface area contributed by atoms with Gasteiger partial charge in [0.25, 0.3) is 0 Å². The predicted octanol–water partition coefficient (Wildman–Crippen LogP) is 4.99. The van der Waals surface area contributed by atoms with Gasteiger partial charge in [0.1, 0.15) is 28.5 Å². The van der Waals surface area contributed by atoms with Gasteiger partial charge in [0.2, 0.25) is 0 Å². The van der Waals surface area contributed by atoms with Gasteiger partial charge in [-0.3, -0.25) is 0 Å². The van der Waals surface area contributed by atoms with E-state index >= 15 is 0 Å². The molecule has 4 aromatic rings. The number of hydrogen-bond donors (Lipinski definition) is 1. The Morgan fingerprint density at radius 1 is 0.963 bits per heavy atom. The Labute approximate surface area is 161 Å². The highest BCUT2D eigenvalue weighted by atomic mass is 32.1. The fourth-order valence-corrected chi connectivity index (χ4v) is 3.94. The van der Waals surface area contributed by atoms with E-state index in [0.717, 1.165) is 44.2 Å². The molecule has 0 radical (unpaired) electrons. The Hall–Kier alpha value is -3.12. The first kappa shape index (κ1) is 17.3. The number of aromatic nitrogens is 2. The summed E-state index contributed by atoms with van der Waals surface area (Å²) in [6, 6.07) is 16.0. The van der Waals surface area contributed by atoms with E-state index in [1.54, 1.807) is 31.9 Å². The molecule has 136 valence electrons. The zero-order valence-corrected chi connectivity index (χ0v) is 15.9. The van der Waals surface area contributed by atoms with Crippen molar-refractivity contribution in [2.45, 2.75) is 6.54 Å². The Balaban J connectivity index is 1.69. The zero-order chi connectivity index (χ0) is 18.6. The van der Waals surface area contributed by atoms with Crippen LogP contribution in [0.25, 0.3) is 21.3 Å². The van der Waals surface area contributed by atoms with E-state index in [1.165, 1.54) is 0 Å². The molecule has 2 heterocycles. The number of benzene rings is 2. The quantitative estimate of drug-likeness (QED) is 0.513. The molecular formula is C21H19N3O2S. The average molecular weight is 377 g/mol. The lowest BCUT2D eigenvalue weighted by Crippen LogP contribution is -2.04. The molecule has 0 fully saturated rings. The summed E-state index contributed by atoms with van der Waals surface area (Å²) in [6.45, 7) is 0.619. The second-order valence-corrected chi connectivity index (χ2v) is 6.80. The Bertz CT molecular complexity index is 1060. The van der Waals surface area contributed by atoms with E-state index < -0.39 is 0 Å². The third-order valence-corrected chi connectivity index (χ3v) is 5.30. The lowest BCUT2D eigenvalue weighted by atomic mass is 10.1. The van der Waals surface area contributed by atoms with Gasteiger partial charge in [-0.05, 0) is 23.8 Å². The molecule has 6 heteroatoms. The minimum Gasteiger partial charge on any atom is -0.497 e. The van der Waals surface area contributed by atoms with Crippen LogP contribution in [-0.4, -0.2) is 24.2 Å². The van der Waals surface area contributed by atoms with E-state index in [-0.39, 0.29) is 0 Å². The van der Waals surface area contributed by atoms with Gasteiger partial charge in [-0.2, -0.15) is 0 Å². The summed E-state index contributed by atoms with van der Waals surface area (Å²) in [6.07, 6.45) is 1.60. The smallest absolute Gasteiger partial charge is 0.139 e. The van der Waals surface area contributed by atoms with Crippen LogP contribution in [0.3, 0.4) is 0 Å². The summed E-state index contributed by atoms with van der Waals surface area (Å²) in [5.41, 5.74) is 3.30. The highest BCUT2D eigenvalue weighted by Gasteiger charge is 2.13. The molecule has 0 unspecified atom stereocenters. The molecule has 0 saturated carbocycles. The molecule has 2 aromatic carbocycles. The molecule has 0 spiro atoms. The van der Waals surface area contributed by atoms with Crippen molar-refractivity contribution in [2.75, 3.05) is 19.5 Å². The van der Waals surface area contributed by atoms with Crippen molar-refractivity contribution in [2.24, 2.45) is 0 Å². The van der Waals surface area contributed by atoms with Crippen molar-refractivity contribution in [1.82, 2.24) is 9.97 Å². The molecule has 0 aliphatic rings. The zero-order valence-electron chi connectivity index (χ0n) is 15.1. The lowest BCUT2D eigenvalue weighted by Gasteiger charge is -2.11. The second-order valence-electron chi connectivity index (χ2n) is 5.95. The van der Waals surface area contributed by atoms with Gasteiger partial charge >= 0.3 is 0 Å². The Morgan fingerprint density at radius 2 is 1.78 bits per heavy atom. The van der Waals surface area contributed by atoms with Crippen molar-refractivity contribution in [3.8, 4) is 22.6 Å². The van der Waals surface area contributed by atoms with Gasteiger partial charge in [0, 0.05) is 23.1 Å². The molecule has 0 atom stereocenters. The second kappa shape index (κ2) is 7.63. The van der Waals surface area contributed by atoms with E-state index in [4.69, 9.17) is 9.47 Å². The topological polar surface area (TPSA) is 56.3 Å². The van der Waals surface area contributed by atoms with E-state index in [0.29, 0.717) is 6.54 Å². The van der Waals surface area contributed by atoms with Gasteiger partial charge in [-0.15, -0.1) is 11.3 Å². The largest absolute Gasteiger partial charge is 0.497 e. The number of nitrogens with zero attached hydrogens (tertiary/aromatic N) is 2. The number of nitrogens with one attached hydrogen (secondary N) is 1. The summed E-state index contributed by atoms with van der Waals surface area (Å²) in [5.74, 6) is 2.51. The highest BCUT2D eigenvalue weighted by molar-refractivity contribution is 7.17. The monoisotopic (exact) mass is 377 g/mol. The molecule has 0 amide bonds. The number of hydrogen-bond acceptors (Lipinski definition) is 6. The first-order chi connectivity index (χ1) is 13.3. The molecular weight excluding hydrogens is 358 g/mol. The maximum atomic E-state index is 5.44. The molecule has 0 bridgehead atoms. The molecule has 4 rings (SSSR count). The molecule has 27 heavy (non-hydrogen) atoms. The maximum Gasteiger partial charge on any atom is 0.139 e. The third-order valence-electron chi connectivity index (χ3n) is 4.41. The van der Waals surface area contributed by atoms with Crippen LogP contribution in [0.5, 0.6) is 11.5 Å². The number of para-hydroxylation sites is 1. The van der Waals surface area contributed by atoms with Crippen LogP contribution in [0.4, 0.5) is 5.82 Å². The first-order valence-electron chi connectivity index (χ1n) is 8.52. The number of rotatable bonds is 6. The lowest BCUT2D eigenvalue weighted by molar-refractivity contribution is 0.410. The van der Waals surface area contributed by atoms with E-state index in [9.17, 15) is 0 Å². The summed E-state index contributed by atoms with van der Waals surface area (Å²) < 4.78 is 10.7. The SMILES string of the molecule is COc1ccc(-c2csc3ncnc(NCc4ccccc4OC)c23)cc1. The minimum atomic E-state index is 0.619. The van der Waals surface area contributed by atoms with E-state index in [1.807, 2.05) is 36.4 Å². The van der Waals surface area contributed by atoms with Crippen molar-refractivity contribution in [3.05, 3.63) is 65.8 Å². The molecule has 0 aliphatic carbocycles. The summed E-state index contributed by atoms with van der Waals surface area (Å²) >= 11 is 1.62. The number of fused-ring (bicyclic) bond motifs is 1. The van der Waals surface area contributed by atoms with Crippen molar-refractivity contribution in [3.63, 3.8) is 0 Å². The van der Waals surface area contributed by atoms with Crippen LogP contribution in [0.1, 0.15) is 5.56 Å². The number of methoxy groups -OCH3 is 2. The Morgan fingerprint density at radius 3 is 2.56 bits per heavy atom. The normalized spacial score (nSPS) is 10.7. The van der Waals surface area contributed by atoms with Crippen LogP contribution in [-0.2, 0) is 6.54 Å². The third kappa shape index (κ3) is 3.44. The molecule has 0 saturated heterocycles. The summed E-state index contributed by atoms with van der Waals surface area (Å²) in [4.78, 5) is 9.87. The van der Waals surface area contributed by atoms with Gasteiger partial charge in [0.05, 0.1) is 19.6 Å².